The molecule has 0 saturated heterocycles. The van der Waals surface area contributed by atoms with Gasteiger partial charge in [-0.15, -0.1) is 0 Å². The maximum absolute atomic E-state index is 11.4. The van der Waals surface area contributed by atoms with Crippen LogP contribution in [-0.2, 0) is 24.2 Å². The number of aryl methyl sites for hydroxylation is 2. The molecule has 0 aliphatic rings. The molecule has 3 rings (SSSR count). The Morgan fingerprint density at radius 2 is 1.70 bits per heavy atom. The molecule has 138 valence electrons. The molecule has 0 spiro atoms. The molecule has 0 fully saturated rings. The minimum Gasteiger partial charge on any atom is -0.489 e. The smallest absolute Gasteiger partial charge is 0.339 e. The molecule has 0 bridgehead atoms. The molecule has 4 heteroatoms. The molecule has 0 saturated carbocycles. The number of rotatable bonds is 8. The summed E-state index contributed by atoms with van der Waals surface area (Å²) in [5, 5.41) is 0. The summed E-state index contributed by atoms with van der Waals surface area (Å²) in [6.07, 6.45) is 4.27. The highest BCUT2D eigenvalue weighted by molar-refractivity contribution is 5.88. The first-order valence-corrected chi connectivity index (χ1v) is 9.04. The van der Waals surface area contributed by atoms with Crippen molar-refractivity contribution in [1.29, 1.82) is 0 Å². The van der Waals surface area contributed by atoms with Crippen LogP contribution in [-0.4, -0.2) is 18.1 Å². The van der Waals surface area contributed by atoms with Crippen LogP contribution in [0.3, 0.4) is 0 Å². The lowest BCUT2D eigenvalue weighted by Gasteiger charge is -2.11. The Kier molecular flexibility index (Phi) is 6.58. The van der Waals surface area contributed by atoms with Crippen LogP contribution in [0, 0.1) is 0 Å². The number of pyridine rings is 1. The summed E-state index contributed by atoms with van der Waals surface area (Å²) < 4.78 is 10.7. The molecule has 0 radical (unpaired) electrons. The highest BCUT2D eigenvalue weighted by Crippen LogP contribution is 2.21. The molecule has 0 amide bonds. The maximum atomic E-state index is 11.4. The van der Waals surface area contributed by atoms with Crippen LogP contribution in [0.2, 0.25) is 0 Å². The molecule has 27 heavy (non-hydrogen) atoms. The van der Waals surface area contributed by atoms with Gasteiger partial charge in [0.25, 0.3) is 0 Å². The number of hydrogen-bond acceptors (Lipinski definition) is 4. The first-order valence-electron chi connectivity index (χ1n) is 9.04. The number of methoxy groups -OCH3 is 1. The van der Waals surface area contributed by atoms with Gasteiger partial charge in [0, 0.05) is 11.9 Å². The Hall–Kier alpha value is -3.14. The van der Waals surface area contributed by atoms with Gasteiger partial charge in [-0.3, -0.25) is 4.98 Å². The van der Waals surface area contributed by atoms with E-state index in [2.05, 4.69) is 23.2 Å². The SMILES string of the molecule is COC(=O)c1ccc(CCCc2ccccc2OCc2ccccc2)nc1. The van der Waals surface area contributed by atoms with Crippen LogP contribution in [0.25, 0.3) is 0 Å². The van der Waals surface area contributed by atoms with Gasteiger partial charge < -0.3 is 9.47 Å². The summed E-state index contributed by atoms with van der Waals surface area (Å²) in [6.45, 7) is 0.564. The molecule has 0 aliphatic carbocycles. The number of aromatic nitrogens is 1. The zero-order chi connectivity index (χ0) is 18.9. The Bertz CT molecular complexity index is 860. The van der Waals surface area contributed by atoms with E-state index in [9.17, 15) is 4.79 Å². The second-order valence-electron chi connectivity index (χ2n) is 6.27. The van der Waals surface area contributed by atoms with Gasteiger partial charge in [-0.25, -0.2) is 4.79 Å². The summed E-state index contributed by atoms with van der Waals surface area (Å²) in [5.74, 6) is 0.564. The second kappa shape index (κ2) is 9.53. The monoisotopic (exact) mass is 361 g/mol. The van der Waals surface area contributed by atoms with Gasteiger partial charge in [-0.05, 0) is 48.6 Å². The Labute approximate surface area is 159 Å². The van der Waals surface area contributed by atoms with E-state index in [0.29, 0.717) is 12.2 Å². The van der Waals surface area contributed by atoms with E-state index >= 15 is 0 Å². The Balaban J connectivity index is 1.54. The van der Waals surface area contributed by atoms with Crippen molar-refractivity contribution in [3.63, 3.8) is 0 Å². The number of hydrogen-bond donors (Lipinski definition) is 0. The quantitative estimate of drug-likeness (QED) is 0.549. The fourth-order valence-electron chi connectivity index (χ4n) is 2.86. The van der Waals surface area contributed by atoms with Gasteiger partial charge in [0.2, 0.25) is 0 Å². The first kappa shape index (κ1) is 18.6. The highest BCUT2D eigenvalue weighted by Gasteiger charge is 2.07. The standard InChI is InChI=1S/C23H23NO3/c1-26-23(25)20-14-15-21(24-16-20)12-7-11-19-10-5-6-13-22(19)27-17-18-8-3-2-4-9-18/h2-6,8-10,13-16H,7,11-12,17H2,1H3. The average Bonchev–Trinajstić information content (AvgIpc) is 2.74. The number of esters is 1. The van der Waals surface area contributed by atoms with Gasteiger partial charge in [0.15, 0.2) is 0 Å². The number of para-hydroxylation sites is 1. The van der Waals surface area contributed by atoms with E-state index in [4.69, 9.17) is 9.47 Å². The minimum atomic E-state index is -0.362. The molecule has 0 aliphatic heterocycles. The number of nitrogens with zero attached hydrogens (tertiary/aromatic N) is 1. The number of benzene rings is 2. The Morgan fingerprint density at radius 3 is 2.44 bits per heavy atom. The molecule has 3 aromatic rings. The zero-order valence-electron chi connectivity index (χ0n) is 15.4. The van der Waals surface area contributed by atoms with Crippen LogP contribution >= 0.6 is 0 Å². The molecule has 1 aromatic heterocycles. The van der Waals surface area contributed by atoms with Crippen molar-refractivity contribution in [3.05, 3.63) is 95.3 Å². The zero-order valence-corrected chi connectivity index (χ0v) is 15.4. The van der Waals surface area contributed by atoms with Crippen LogP contribution in [0.5, 0.6) is 5.75 Å². The summed E-state index contributed by atoms with van der Waals surface area (Å²) >= 11 is 0. The lowest BCUT2D eigenvalue weighted by molar-refractivity contribution is 0.0600. The molecule has 0 N–H and O–H groups in total. The van der Waals surface area contributed by atoms with Gasteiger partial charge in [0.1, 0.15) is 12.4 Å². The predicted molar refractivity (Wildman–Crippen MR) is 105 cm³/mol. The predicted octanol–water partition coefficient (Wildman–Crippen LogP) is 4.62. The molecule has 0 atom stereocenters. The second-order valence-corrected chi connectivity index (χ2v) is 6.27. The summed E-state index contributed by atoms with van der Waals surface area (Å²) in [4.78, 5) is 15.8. The van der Waals surface area contributed by atoms with Gasteiger partial charge in [-0.2, -0.15) is 0 Å². The fraction of sp³-hybridized carbons (Fsp3) is 0.217. The topological polar surface area (TPSA) is 48.4 Å². The van der Waals surface area contributed by atoms with Crippen molar-refractivity contribution in [2.24, 2.45) is 0 Å². The third kappa shape index (κ3) is 5.42. The molecule has 1 heterocycles. The molecule has 0 unspecified atom stereocenters. The highest BCUT2D eigenvalue weighted by atomic mass is 16.5. The molecule has 4 nitrogen and oxygen atoms in total. The number of carbonyl (C=O) groups is 1. The van der Waals surface area contributed by atoms with Gasteiger partial charge in [0.05, 0.1) is 12.7 Å². The van der Waals surface area contributed by atoms with E-state index in [1.807, 2.05) is 42.5 Å². The summed E-state index contributed by atoms with van der Waals surface area (Å²) in [5.41, 5.74) is 3.79. The minimum absolute atomic E-state index is 0.362. The van der Waals surface area contributed by atoms with E-state index in [1.54, 1.807) is 12.3 Å². The third-order valence-electron chi connectivity index (χ3n) is 4.33. The molecular weight excluding hydrogens is 338 g/mol. The van der Waals surface area contributed by atoms with Crippen molar-refractivity contribution in [2.75, 3.05) is 7.11 Å². The Morgan fingerprint density at radius 1 is 0.926 bits per heavy atom. The van der Waals surface area contributed by atoms with Crippen LogP contribution in [0.4, 0.5) is 0 Å². The van der Waals surface area contributed by atoms with Crippen molar-refractivity contribution < 1.29 is 14.3 Å². The van der Waals surface area contributed by atoms with Crippen LogP contribution in [0.15, 0.2) is 72.9 Å². The maximum Gasteiger partial charge on any atom is 0.339 e. The lowest BCUT2D eigenvalue weighted by atomic mass is 10.1. The van der Waals surface area contributed by atoms with E-state index in [1.165, 1.54) is 12.7 Å². The largest absolute Gasteiger partial charge is 0.489 e. The van der Waals surface area contributed by atoms with E-state index < -0.39 is 0 Å². The van der Waals surface area contributed by atoms with Gasteiger partial charge in [-0.1, -0.05) is 48.5 Å². The first-order chi connectivity index (χ1) is 13.3. The van der Waals surface area contributed by atoms with E-state index in [-0.39, 0.29) is 5.97 Å². The average molecular weight is 361 g/mol. The molecular formula is C23H23NO3. The number of ether oxygens (including phenoxy) is 2. The molecule has 2 aromatic carbocycles. The van der Waals surface area contributed by atoms with Crippen LogP contribution in [0.1, 0.15) is 33.6 Å². The van der Waals surface area contributed by atoms with E-state index in [0.717, 1.165) is 36.3 Å². The summed E-state index contributed by atoms with van der Waals surface area (Å²) in [6, 6.07) is 21.9. The lowest BCUT2D eigenvalue weighted by Crippen LogP contribution is -2.03. The van der Waals surface area contributed by atoms with Crippen molar-refractivity contribution in [2.45, 2.75) is 25.9 Å². The van der Waals surface area contributed by atoms with Crippen molar-refractivity contribution >= 4 is 5.97 Å². The third-order valence-corrected chi connectivity index (χ3v) is 4.33. The summed E-state index contributed by atoms with van der Waals surface area (Å²) in [7, 11) is 1.37. The van der Waals surface area contributed by atoms with Gasteiger partial charge >= 0.3 is 5.97 Å². The number of carbonyl (C=O) groups excluding carboxylic acids is 1. The van der Waals surface area contributed by atoms with Crippen LogP contribution < -0.4 is 4.74 Å². The fourth-order valence-corrected chi connectivity index (χ4v) is 2.86. The van der Waals surface area contributed by atoms with Crippen molar-refractivity contribution in [3.8, 4) is 5.75 Å². The van der Waals surface area contributed by atoms with Crippen molar-refractivity contribution in [1.82, 2.24) is 4.98 Å². The normalized spacial score (nSPS) is 10.4.